The van der Waals surface area contributed by atoms with Crippen LogP contribution in [0.25, 0.3) is 0 Å². The lowest BCUT2D eigenvalue weighted by atomic mass is 9.84. The summed E-state index contributed by atoms with van der Waals surface area (Å²) >= 11 is 0. The number of alkyl halides is 5. The molecule has 152 valence electrons. The third-order valence-corrected chi connectivity index (χ3v) is 4.10. The van der Waals surface area contributed by atoms with Gasteiger partial charge in [0, 0.05) is 12.7 Å². The summed E-state index contributed by atoms with van der Waals surface area (Å²) in [5.41, 5.74) is -3.04. The molecule has 4 unspecified atom stereocenters. The molecule has 0 N–H and O–H groups in total. The molecule has 1 saturated heterocycles. The smallest absolute Gasteiger partial charge is 0.450 e. The highest BCUT2D eigenvalue weighted by molar-refractivity contribution is 5.87. The lowest BCUT2D eigenvalue weighted by molar-refractivity contribution is -0.527. The van der Waals surface area contributed by atoms with Crippen LogP contribution >= 0.6 is 0 Å². The van der Waals surface area contributed by atoms with E-state index in [1.165, 1.54) is 6.92 Å². The Hall–Kier alpha value is -1.30. The Balaban J connectivity index is 3.40. The average Bonchev–Trinajstić information content (AvgIpc) is 2.50. The Morgan fingerprint density at radius 3 is 2.19 bits per heavy atom. The van der Waals surface area contributed by atoms with Gasteiger partial charge in [0.15, 0.2) is 18.7 Å². The lowest BCUT2D eigenvalue weighted by Gasteiger charge is -2.53. The Morgan fingerprint density at radius 1 is 1.23 bits per heavy atom. The zero-order chi connectivity index (χ0) is 20.6. The fourth-order valence-electron chi connectivity index (χ4n) is 2.21. The Morgan fingerprint density at radius 2 is 1.77 bits per heavy atom. The highest BCUT2D eigenvalue weighted by atomic mass is 19.4. The maximum Gasteiger partial charge on any atom is 0.450 e. The molecule has 0 aliphatic carbocycles. The van der Waals surface area contributed by atoms with Crippen LogP contribution in [0.5, 0.6) is 0 Å². The number of carbonyl (C=O) groups is 1. The van der Waals surface area contributed by atoms with Crippen LogP contribution in [0.15, 0.2) is 12.2 Å². The minimum atomic E-state index is -5.66. The summed E-state index contributed by atoms with van der Waals surface area (Å²) in [6.45, 7) is 5.99. The van der Waals surface area contributed by atoms with E-state index in [0.717, 1.165) is 21.0 Å². The Labute approximate surface area is 147 Å². The van der Waals surface area contributed by atoms with Gasteiger partial charge in [0.2, 0.25) is 0 Å². The molecule has 4 atom stereocenters. The number of halogens is 5. The molecule has 1 aliphatic rings. The zero-order valence-corrected chi connectivity index (χ0v) is 14.9. The minimum absolute atomic E-state index is 0.123. The standard InChI is InChI=1S/C15H21F5O6/c1-8(2)11(21)25-9(3)12(5)13(16,17)14(15(18,19)20,24-7-23-12)26-10(4)22-6/h9-10H,1,7H2,2-6H3. The number of carbonyl (C=O) groups excluding carboxylic acids is 1. The van der Waals surface area contributed by atoms with Crippen LogP contribution in [-0.4, -0.2) is 55.8 Å². The Bertz CT molecular complexity index is 551. The molecule has 6 nitrogen and oxygen atoms in total. The van der Waals surface area contributed by atoms with Crippen LogP contribution in [-0.2, 0) is 28.5 Å². The Kier molecular flexibility index (Phi) is 6.45. The molecular formula is C15H21F5O6. The predicted molar refractivity (Wildman–Crippen MR) is 77.1 cm³/mol. The van der Waals surface area contributed by atoms with Crippen LogP contribution in [0, 0.1) is 0 Å². The van der Waals surface area contributed by atoms with Gasteiger partial charge >= 0.3 is 23.9 Å². The predicted octanol–water partition coefficient (Wildman–Crippen LogP) is 3.16. The van der Waals surface area contributed by atoms with Crippen molar-refractivity contribution in [3.63, 3.8) is 0 Å². The first kappa shape index (κ1) is 22.7. The monoisotopic (exact) mass is 392 g/mol. The second-order valence-electron chi connectivity index (χ2n) is 5.95. The van der Waals surface area contributed by atoms with Crippen molar-refractivity contribution in [2.45, 2.75) is 63.6 Å². The molecule has 0 aromatic heterocycles. The fourth-order valence-corrected chi connectivity index (χ4v) is 2.21. The highest BCUT2D eigenvalue weighted by Gasteiger charge is 2.82. The SMILES string of the molecule is C=C(C)C(=O)OC(C)C1(C)OCOC(OC(C)OC)(C(F)(F)F)C1(F)F. The van der Waals surface area contributed by atoms with E-state index in [9.17, 15) is 18.0 Å². The van der Waals surface area contributed by atoms with Gasteiger partial charge in [-0.3, -0.25) is 0 Å². The third-order valence-electron chi connectivity index (χ3n) is 4.10. The van der Waals surface area contributed by atoms with Gasteiger partial charge in [0.25, 0.3) is 0 Å². The summed E-state index contributed by atoms with van der Waals surface area (Å²) < 4.78 is 93.9. The molecule has 0 radical (unpaired) electrons. The molecule has 0 aromatic rings. The molecule has 11 heteroatoms. The van der Waals surface area contributed by atoms with Crippen molar-refractivity contribution in [2.24, 2.45) is 0 Å². The third kappa shape index (κ3) is 3.57. The van der Waals surface area contributed by atoms with Crippen molar-refractivity contribution in [3.05, 3.63) is 12.2 Å². The second-order valence-corrected chi connectivity index (χ2v) is 5.95. The summed E-state index contributed by atoms with van der Waals surface area (Å²) in [7, 11) is 0.975. The van der Waals surface area contributed by atoms with Crippen LogP contribution in [0.3, 0.4) is 0 Å². The van der Waals surface area contributed by atoms with E-state index < -0.39 is 48.6 Å². The molecule has 1 fully saturated rings. The lowest BCUT2D eigenvalue weighted by Crippen LogP contribution is -2.76. The van der Waals surface area contributed by atoms with Crippen molar-refractivity contribution in [1.82, 2.24) is 0 Å². The van der Waals surface area contributed by atoms with E-state index in [1.807, 2.05) is 0 Å². The van der Waals surface area contributed by atoms with Crippen molar-refractivity contribution in [1.29, 1.82) is 0 Å². The van der Waals surface area contributed by atoms with Crippen LogP contribution in [0.4, 0.5) is 22.0 Å². The topological polar surface area (TPSA) is 63.2 Å². The van der Waals surface area contributed by atoms with Crippen molar-refractivity contribution >= 4 is 5.97 Å². The van der Waals surface area contributed by atoms with Gasteiger partial charge in [0.05, 0.1) is 0 Å². The summed E-state index contributed by atoms with van der Waals surface area (Å²) in [6, 6.07) is 0. The maximum atomic E-state index is 15.1. The van der Waals surface area contributed by atoms with Crippen LogP contribution in [0.2, 0.25) is 0 Å². The largest absolute Gasteiger partial charge is 0.456 e. The van der Waals surface area contributed by atoms with Gasteiger partial charge in [0.1, 0.15) is 6.10 Å². The highest BCUT2D eigenvalue weighted by Crippen LogP contribution is 2.55. The molecular weight excluding hydrogens is 371 g/mol. The molecule has 1 rings (SSSR count). The molecule has 26 heavy (non-hydrogen) atoms. The quantitative estimate of drug-likeness (QED) is 0.300. The van der Waals surface area contributed by atoms with Crippen molar-refractivity contribution in [3.8, 4) is 0 Å². The number of ether oxygens (including phenoxy) is 5. The van der Waals surface area contributed by atoms with Gasteiger partial charge < -0.3 is 23.7 Å². The average molecular weight is 392 g/mol. The number of methoxy groups -OCH3 is 1. The summed E-state index contributed by atoms with van der Waals surface area (Å²) in [6.07, 6.45) is -9.14. The van der Waals surface area contributed by atoms with Crippen LogP contribution < -0.4 is 0 Å². The number of hydrogen-bond acceptors (Lipinski definition) is 6. The van der Waals surface area contributed by atoms with E-state index in [2.05, 4.69) is 20.8 Å². The van der Waals surface area contributed by atoms with Gasteiger partial charge in [-0.05, 0) is 27.7 Å². The fraction of sp³-hybridized carbons (Fsp3) is 0.800. The van der Waals surface area contributed by atoms with Gasteiger partial charge in [-0.1, -0.05) is 6.58 Å². The van der Waals surface area contributed by atoms with Crippen molar-refractivity contribution in [2.75, 3.05) is 13.9 Å². The molecule has 0 spiro atoms. The van der Waals surface area contributed by atoms with Gasteiger partial charge in [-0.15, -0.1) is 0 Å². The number of rotatable bonds is 6. The molecule has 1 aliphatic heterocycles. The summed E-state index contributed by atoms with van der Waals surface area (Å²) in [4.78, 5) is 11.6. The molecule has 0 aromatic carbocycles. The molecule has 1 heterocycles. The molecule has 0 amide bonds. The number of esters is 1. The normalized spacial score (nSPS) is 31.2. The molecule has 0 bridgehead atoms. The first-order chi connectivity index (χ1) is 11.7. The zero-order valence-electron chi connectivity index (χ0n) is 14.9. The van der Waals surface area contributed by atoms with Gasteiger partial charge in [-0.2, -0.15) is 22.0 Å². The number of hydrogen-bond donors (Lipinski definition) is 0. The molecule has 0 saturated carbocycles. The van der Waals surface area contributed by atoms with Gasteiger partial charge in [-0.25, -0.2) is 4.79 Å². The van der Waals surface area contributed by atoms with E-state index in [0.29, 0.717) is 6.92 Å². The van der Waals surface area contributed by atoms with E-state index in [4.69, 9.17) is 9.47 Å². The first-order valence-corrected chi connectivity index (χ1v) is 7.46. The van der Waals surface area contributed by atoms with E-state index in [-0.39, 0.29) is 5.57 Å². The van der Waals surface area contributed by atoms with E-state index >= 15 is 8.78 Å². The second kappa shape index (κ2) is 7.37. The van der Waals surface area contributed by atoms with Crippen molar-refractivity contribution < 1.29 is 50.4 Å². The van der Waals surface area contributed by atoms with Crippen LogP contribution in [0.1, 0.15) is 27.7 Å². The summed E-state index contributed by atoms with van der Waals surface area (Å²) in [5, 5.41) is 0. The maximum absolute atomic E-state index is 15.1. The minimum Gasteiger partial charge on any atom is -0.456 e. The first-order valence-electron chi connectivity index (χ1n) is 7.46. The van der Waals surface area contributed by atoms with E-state index in [1.54, 1.807) is 0 Å². The summed E-state index contributed by atoms with van der Waals surface area (Å²) in [5.74, 6) is -10.3.